The van der Waals surface area contributed by atoms with Crippen molar-refractivity contribution in [1.29, 1.82) is 0 Å². The van der Waals surface area contributed by atoms with Gasteiger partial charge in [0, 0.05) is 37.4 Å². The van der Waals surface area contributed by atoms with E-state index in [9.17, 15) is 9.59 Å². The van der Waals surface area contributed by atoms with Gasteiger partial charge in [-0.1, -0.05) is 20.8 Å². The van der Waals surface area contributed by atoms with Crippen LogP contribution in [0.3, 0.4) is 0 Å². The van der Waals surface area contributed by atoms with Gasteiger partial charge in [-0.25, -0.2) is 4.79 Å². The molecule has 2 aliphatic heterocycles. The minimum Gasteiger partial charge on any atom is -0.487 e. The number of thiophene rings is 1. The van der Waals surface area contributed by atoms with E-state index < -0.39 is 0 Å². The van der Waals surface area contributed by atoms with Gasteiger partial charge in [-0.15, -0.1) is 11.3 Å². The topological polar surface area (TPSA) is 88.1 Å². The van der Waals surface area contributed by atoms with Crippen molar-refractivity contribution in [3.8, 4) is 16.2 Å². The predicted octanol–water partition coefficient (Wildman–Crippen LogP) is 4.48. The van der Waals surface area contributed by atoms with Crippen LogP contribution in [0.2, 0.25) is 0 Å². The number of aliphatic hydroxyl groups is 1. The summed E-state index contributed by atoms with van der Waals surface area (Å²) in [6, 6.07) is 10.00. The zero-order valence-corrected chi connectivity index (χ0v) is 21.0. The molecule has 1 fully saturated rings. The number of fused-ring (bicyclic) bond motifs is 1. The van der Waals surface area contributed by atoms with E-state index in [4.69, 9.17) is 14.6 Å². The second-order valence-electron chi connectivity index (χ2n) is 10.4. The Balaban J connectivity index is 1.37. The molecule has 34 heavy (non-hydrogen) atoms. The third-order valence-electron chi connectivity index (χ3n) is 6.31. The van der Waals surface area contributed by atoms with Crippen molar-refractivity contribution in [3.05, 3.63) is 40.8 Å². The molecule has 0 bridgehead atoms. The van der Waals surface area contributed by atoms with Crippen molar-refractivity contribution >= 4 is 23.3 Å². The van der Waals surface area contributed by atoms with E-state index >= 15 is 0 Å². The van der Waals surface area contributed by atoms with Crippen LogP contribution >= 0.6 is 11.3 Å². The smallest absolute Gasteiger partial charge is 0.409 e. The van der Waals surface area contributed by atoms with E-state index in [1.54, 1.807) is 4.90 Å². The zero-order chi connectivity index (χ0) is 24.3. The summed E-state index contributed by atoms with van der Waals surface area (Å²) in [6.07, 6.45) is 3.22. The van der Waals surface area contributed by atoms with Gasteiger partial charge in [0.25, 0.3) is 5.91 Å². The minimum atomic E-state index is -0.231. The lowest BCUT2D eigenvalue weighted by atomic mass is 9.83. The van der Waals surface area contributed by atoms with Crippen molar-refractivity contribution in [2.75, 3.05) is 32.8 Å². The van der Waals surface area contributed by atoms with E-state index in [0.717, 1.165) is 41.9 Å². The molecular formula is C26H34N2O5S. The maximum absolute atomic E-state index is 12.4. The van der Waals surface area contributed by atoms with Crippen LogP contribution in [0.1, 0.15) is 55.3 Å². The average molecular weight is 487 g/mol. The molecule has 4 rings (SSSR count). The molecule has 0 atom stereocenters. The van der Waals surface area contributed by atoms with E-state index in [1.807, 2.05) is 24.3 Å². The van der Waals surface area contributed by atoms with E-state index in [1.165, 1.54) is 16.9 Å². The highest BCUT2D eigenvalue weighted by Gasteiger charge is 2.41. The van der Waals surface area contributed by atoms with E-state index in [2.05, 4.69) is 32.2 Å². The number of carbonyl (C=O) groups excluding carboxylic acids is 2. The first-order valence-corrected chi connectivity index (χ1v) is 12.7. The van der Waals surface area contributed by atoms with Crippen LogP contribution in [-0.2, 0) is 11.2 Å². The van der Waals surface area contributed by atoms with Crippen molar-refractivity contribution in [2.24, 2.45) is 5.41 Å². The zero-order valence-electron chi connectivity index (χ0n) is 20.2. The number of aliphatic hydroxyl groups excluding tert-OH is 1. The van der Waals surface area contributed by atoms with Gasteiger partial charge in [-0.05, 0) is 59.7 Å². The summed E-state index contributed by atoms with van der Waals surface area (Å²) in [5.41, 5.74) is 1.98. The van der Waals surface area contributed by atoms with Crippen LogP contribution in [0.4, 0.5) is 4.79 Å². The summed E-state index contributed by atoms with van der Waals surface area (Å²) in [4.78, 5) is 28.0. The molecule has 1 aromatic carbocycles. The highest BCUT2D eigenvalue weighted by molar-refractivity contribution is 7.17. The number of benzene rings is 1. The van der Waals surface area contributed by atoms with Crippen molar-refractivity contribution in [3.63, 3.8) is 0 Å². The molecule has 1 spiro atoms. The number of likely N-dealkylation sites (tertiary alicyclic amines) is 1. The number of amides is 2. The first-order chi connectivity index (χ1) is 16.2. The molecule has 2 aromatic rings. The molecule has 7 nitrogen and oxygen atoms in total. The summed E-state index contributed by atoms with van der Waals surface area (Å²) in [7, 11) is 0. The Bertz CT molecular complexity index is 1030. The summed E-state index contributed by atoms with van der Waals surface area (Å²) in [5, 5.41) is 11.6. The Kier molecular flexibility index (Phi) is 7.19. The third-order valence-corrected chi connectivity index (χ3v) is 7.44. The number of hydrogen-bond donors (Lipinski definition) is 2. The predicted molar refractivity (Wildman–Crippen MR) is 132 cm³/mol. The monoisotopic (exact) mass is 486 g/mol. The van der Waals surface area contributed by atoms with Crippen LogP contribution in [-0.4, -0.2) is 60.5 Å². The lowest BCUT2D eigenvalue weighted by Gasteiger charge is -2.44. The van der Waals surface area contributed by atoms with E-state index in [-0.39, 0.29) is 36.2 Å². The Morgan fingerprint density at radius 3 is 2.65 bits per heavy atom. The fourth-order valence-electron chi connectivity index (χ4n) is 4.36. The quantitative estimate of drug-likeness (QED) is 0.651. The van der Waals surface area contributed by atoms with Gasteiger partial charge in [-0.3, -0.25) is 4.79 Å². The minimum absolute atomic E-state index is 0.0429. The number of nitrogens with one attached hydrogen (secondary N) is 1. The molecule has 0 saturated carbocycles. The Labute approximate surface area is 205 Å². The van der Waals surface area contributed by atoms with Gasteiger partial charge in [0.05, 0.1) is 18.1 Å². The van der Waals surface area contributed by atoms with Gasteiger partial charge in [0.1, 0.15) is 11.4 Å². The molecule has 2 N–H and O–H groups in total. The molecule has 0 aliphatic carbocycles. The molecule has 0 radical (unpaired) electrons. The van der Waals surface area contributed by atoms with Crippen LogP contribution < -0.4 is 10.1 Å². The largest absolute Gasteiger partial charge is 0.487 e. The first-order valence-electron chi connectivity index (χ1n) is 11.9. The normalized spacial score (nSPS) is 17.1. The van der Waals surface area contributed by atoms with Crippen molar-refractivity contribution in [1.82, 2.24) is 10.2 Å². The van der Waals surface area contributed by atoms with Gasteiger partial charge in [0.2, 0.25) is 0 Å². The molecule has 184 valence electrons. The van der Waals surface area contributed by atoms with Crippen LogP contribution in [0.25, 0.3) is 10.4 Å². The highest BCUT2D eigenvalue weighted by atomic mass is 32.1. The van der Waals surface area contributed by atoms with Gasteiger partial charge < -0.3 is 24.8 Å². The maximum atomic E-state index is 12.4. The molecule has 1 saturated heterocycles. The number of nitrogens with zero attached hydrogens (tertiary/aromatic N) is 1. The number of piperidine rings is 1. The SMILES string of the molecule is CC(C)(C)COC(=O)N1CCC2(CCc3cc(-c4ccc(C(=O)NCCO)s4)ccc3O2)CC1. The van der Waals surface area contributed by atoms with Gasteiger partial charge >= 0.3 is 6.09 Å². The fraction of sp³-hybridized carbons (Fsp3) is 0.538. The average Bonchev–Trinajstić information content (AvgIpc) is 3.31. The highest BCUT2D eigenvalue weighted by Crippen LogP contribution is 2.41. The summed E-state index contributed by atoms with van der Waals surface area (Å²) >= 11 is 1.44. The van der Waals surface area contributed by atoms with E-state index in [0.29, 0.717) is 24.6 Å². The molecule has 2 aliphatic rings. The molecule has 2 amide bonds. The standard InChI is InChI=1S/C26H34N2O5S/c1-25(2,3)17-32-24(31)28-13-10-26(11-14-28)9-8-18-16-19(4-5-20(18)33-26)21-6-7-22(34-21)23(30)27-12-15-29/h4-7,16,29H,8-15,17H2,1-3H3,(H,27,30). The summed E-state index contributed by atoms with van der Waals surface area (Å²) in [6.45, 7) is 8.04. The fourth-order valence-corrected chi connectivity index (χ4v) is 5.28. The van der Waals surface area contributed by atoms with Crippen molar-refractivity contribution in [2.45, 2.75) is 52.1 Å². The molecule has 3 heterocycles. The number of carbonyl (C=O) groups is 2. The third kappa shape index (κ3) is 5.73. The van der Waals surface area contributed by atoms with Gasteiger partial charge in [-0.2, -0.15) is 0 Å². The number of rotatable bonds is 5. The maximum Gasteiger partial charge on any atom is 0.409 e. The first kappa shape index (κ1) is 24.5. The van der Waals surface area contributed by atoms with Crippen LogP contribution in [0.15, 0.2) is 30.3 Å². The Hall–Kier alpha value is -2.58. The molecular weight excluding hydrogens is 452 g/mol. The molecule has 0 unspecified atom stereocenters. The number of hydrogen-bond acceptors (Lipinski definition) is 6. The van der Waals surface area contributed by atoms with Gasteiger partial charge in [0.15, 0.2) is 0 Å². The summed E-state index contributed by atoms with van der Waals surface area (Å²) < 4.78 is 12.0. The summed E-state index contributed by atoms with van der Waals surface area (Å²) in [5.74, 6) is 0.749. The number of ether oxygens (including phenoxy) is 2. The second kappa shape index (κ2) is 9.96. The lowest BCUT2D eigenvalue weighted by molar-refractivity contribution is -0.0171. The molecule has 8 heteroatoms. The van der Waals surface area contributed by atoms with Crippen LogP contribution in [0.5, 0.6) is 5.75 Å². The van der Waals surface area contributed by atoms with Crippen LogP contribution in [0, 0.1) is 5.41 Å². The lowest BCUT2D eigenvalue weighted by Crippen LogP contribution is -2.51. The number of aryl methyl sites for hydroxylation is 1. The second-order valence-corrected chi connectivity index (χ2v) is 11.4. The Morgan fingerprint density at radius 2 is 1.94 bits per heavy atom. The Morgan fingerprint density at radius 1 is 1.18 bits per heavy atom. The van der Waals surface area contributed by atoms with Crippen molar-refractivity contribution < 1.29 is 24.2 Å². The molecule has 1 aromatic heterocycles.